The predicted molar refractivity (Wildman–Crippen MR) is 240 cm³/mol. The van der Waals surface area contributed by atoms with Gasteiger partial charge >= 0.3 is 0 Å². The highest BCUT2D eigenvalue weighted by atomic mass is 32.1. The first-order valence-electron chi connectivity index (χ1n) is 19.6. The van der Waals surface area contributed by atoms with Crippen LogP contribution in [0.3, 0.4) is 0 Å². The van der Waals surface area contributed by atoms with E-state index in [9.17, 15) is 0 Å². The molecule has 3 nitrogen and oxygen atoms in total. The van der Waals surface area contributed by atoms with E-state index < -0.39 is 0 Å². The third-order valence-corrected chi connectivity index (χ3v) is 12.9. The summed E-state index contributed by atoms with van der Waals surface area (Å²) in [6.07, 6.45) is 19.9. The van der Waals surface area contributed by atoms with Gasteiger partial charge in [-0.2, -0.15) is 0 Å². The van der Waals surface area contributed by atoms with Gasteiger partial charge in [0.2, 0.25) is 0 Å². The molecule has 2 unspecified atom stereocenters. The summed E-state index contributed by atoms with van der Waals surface area (Å²) in [7, 11) is 0. The van der Waals surface area contributed by atoms with Gasteiger partial charge in [0.25, 0.3) is 0 Å². The number of hydrogen-bond donors (Lipinski definition) is 0. The fourth-order valence-corrected chi connectivity index (χ4v) is 10.1. The monoisotopic (exact) mass is 737 g/mol. The van der Waals surface area contributed by atoms with E-state index in [0.717, 1.165) is 18.5 Å². The van der Waals surface area contributed by atoms with Gasteiger partial charge in [0.1, 0.15) is 0 Å². The molecule has 11 rings (SSSR count). The molecule has 0 spiro atoms. The number of nitrogens with zero attached hydrogens (tertiary/aromatic N) is 3. The Morgan fingerprint density at radius 1 is 0.679 bits per heavy atom. The van der Waals surface area contributed by atoms with Crippen LogP contribution in [0, 0.1) is 5.92 Å². The lowest BCUT2D eigenvalue weighted by Crippen LogP contribution is -2.35. The fraction of sp³-hybridized carbons (Fsp3) is 0.0962. The summed E-state index contributed by atoms with van der Waals surface area (Å²) in [4.78, 5) is 6.97. The fourth-order valence-electron chi connectivity index (χ4n) is 9.01. The van der Waals surface area contributed by atoms with Crippen LogP contribution in [-0.4, -0.2) is 15.6 Å². The molecule has 2 aliphatic carbocycles. The highest BCUT2D eigenvalue weighted by Crippen LogP contribution is 2.41. The van der Waals surface area contributed by atoms with Crippen molar-refractivity contribution >= 4 is 86.6 Å². The molecule has 0 aliphatic heterocycles. The second-order valence-corrected chi connectivity index (χ2v) is 16.3. The van der Waals surface area contributed by atoms with Crippen LogP contribution in [0.25, 0.3) is 69.6 Å². The lowest BCUT2D eigenvalue weighted by atomic mass is 9.88. The number of aromatic nitrogens is 2. The van der Waals surface area contributed by atoms with E-state index in [1.165, 1.54) is 86.4 Å². The van der Waals surface area contributed by atoms with Crippen LogP contribution in [0.2, 0.25) is 0 Å². The van der Waals surface area contributed by atoms with Gasteiger partial charge in [-0.05, 0) is 119 Å². The van der Waals surface area contributed by atoms with Gasteiger partial charge in [-0.25, -0.2) is 0 Å². The Morgan fingerprint density at radius 3 is 2.30 bits per heavy atom. The molecule has 0 saturated heterocycles. The number of anilines is 2. The molecule has 3 heterocycles. The Bertz CT molecular complexity index is 3100. The molecular formula is C52H39N3S. The number of thiophene rings is 1. The van der Waals surface area contributed by atoms with Crippen molar-refractivity contribution in [2.75, 3.05) is 4.90 Å². The van der Waals surface area contributed by atoms with Crippen molar-refractivity contribution in [3.05, 3.63) is 193 Å². The highest BCUT2D eigenvalue weighted by Gasteiger charge is 2.27. The average Bonchev–Trinajstić information content (AvgIpc) is 3.78. The number of hydrogen-bond acceptors (Lipinski definition) is 3. The first-order chi connectivity index (χ1) is 27.7. The highest BCUT2D eigenvalue weighted by molar-refractivity contribution is 7.25. The zero-order valence-corrected chi connectivity index (χ0v) is 32.0. The number of pyridine rings is 1. The van der Waals surface area contributed by atoms with Crippen molar-refractivity contribution in [1.82, 2.24) is 9.55 Å². The van der Waals surface area contributed by atoms with E-state index in [1.54, 1.807) is 0 Å². The summed E-state index contributed by atoms with van der Waals surface area (Å²) in [5.74, 6) is 0.238. The Hall–Kier alpha value is -6.49. The molecule has 9 aromatic rings. The maximum absolute atomic E-state index is 4.53. The molecule has 6 aromatic carbocycles. The van der Waals surface area contributed by atoms with Crippen molar-refractivity contribution in [3.8, 4) is 5.69 Å². The Balaban J connectivity index is 1.01. The average molecular weight is 738 g/mol. The number of fused-ring (bicyclic) bond motifs is 7. The SMILES string of the molecule is CC1C=C(c2ccc3c4cc5ccccc5cc4n(-c4ccc5sc6ccccc6c5c4)c3c2)C=CC1N(c1ccc(C2=CC=CCC2)cc1)c1cccnc1. The predicted octanol–water partition coefficient (Wildman–Crippen LogP) is 14.2. The van der Waals surface area contributed by atoms with Crippen LogP contribution in [-0.2, 0) is 0 Å². The van der Waals surface area contributed by atoms with Crippen molar-refractivity contribution in [2.45, 2.75) is 25.8 Å². The van der Waals surface area contributed by atoms with Gasteiger partial charge in [0.15, 0.2) is 0 Å². The quantitative estimate of drug-likeness (QED) is 0.169. The van der Waals surface area contributed by atoms with Crippen LogP contribution >= 0.6 is 11.3 Å². The smallest absolute Gasteiger partial charge is 0.0603 e. The van der Waals surface area contributed by atoms with E-state index in [4.69, 9.17) is 0 Å². The summed E-state index contributed by atoms with van der Waals surface area (Å²) in [5.41, 5.74) is 11.1. The van der Waals surface area contributed by atoms with Gasteiger partial charge in [0, 0.05) is 48.5 Å². The van der Waals surface area contributed by atoms with E-state index in [0.29, 0.717) is 0 Å². The van der Waals surface area contributed by atoms with E-state index in [-0.39, 0.29) is 12.0 Å². The van der Waals surface area contributed by atoms with E-state index in [1.807, 2.05) is 29.8 Å². The van der Waals surface area contributed by atoms with Gasteiger partial charge in [-0.3, -0.25) is 4.98 Å². The summed E-state index contributed by atoms with van der Waals surface area (Å²) >= 11 is 1.87. The van der Waals surface area contributed by atoms with Gasteiger partial charge in [-0.1, -0.05) is 110 Å². The first kappa shape index (κ1) is 32.9. The van der Waals surface area contributed by atoms with Crippen molar-refractivity contribution < 1.29 is 0 Å². The van der Waals surface area contributed by atoms with Crippen LogP contribution in [0.5, 0.6) is 0 Å². The lowest BCUT2D eigenvalue weighted by molar-refractivity contribution is 0.611. The standard InChI is InChI=1S/C52H39N3S/c1-34-28-39(20-25-48(34)54(43-14-9-27-53-33-43)41-21-17-36(18-22-41)35-10-3-2-4-11-35)40-19-24-44-46-29-37-12-5-6-13-38(37)30-50(46)55(49(44)31-40)42-23-26-52-47(32-42)45-15-7-8-16-51(45)56-52/h2-3,5-10,12-34,48H,4,11H2,1H3. The minimum absolute atomic E-state index is 0.125. The topological polar surface area (TPSA) is 21.1 Å². The third-order valence-electron chi connectivity index (χ3n) is 11.8. The van der Waals surface area contributed by atoms with E-state index in [2.05, 4.69) is 185 Å². The number of benzene rings is 6. The molecular weight excluding hydrogens is 699 g/mol. The molecule has 0 amide bonds. The second-order valence-electron chi connectivity index (χ2n) is 15.2. The van der Waals surface area contributed by atoms with Crippen molar-refractivity contribution in [1.29, 1.82) is 0 Å². The molecule has 0 radical (unpaired) electrons. The van der Waals surface area contributed by atoms with Gasteiger partial charge in [0.05, 0.1) is 29.0 Å². The zero-order valence-electron chi connectivity index (χ0n) is 31.1. The van der Waals surface area contributed by atoms with Crippen LogP contribution in [0.1, 0.15) is 30.9 Å². The molecule has 2 aliphatic rings. The maximum atomic E-state index is 4.53. The Morgan fingerprint density at radius 2 is 1.48 bits per heavy atom. The number of rotatable bonds is 6. The molecule has 56 heavy (non-hydrogen) atoms. The molecule has 0 fully saturated rings. The van der Waals surface area contributed by atoms with Gasteiger partial charge < -0.3 is 9.47 Å². The normalized spacial score (nSPS) is 16.9. The molecule has 0 bridgehead atoms. The summed E-state index contributed by atoms with van der Waals surface area (Å²) in [5, 5.41) is 7.68. The van der Waals surface area contributed by atoms with E-state index >= 15 is 0 Å². The minimum Gasteiger partial charge on any atom is -0.333 e. The molecule has 0 saturated carbocycles. The van der Waals surface area contributed by atoms with Gasteiger partial charge in [-0.15, -0.1) is 11.3 Å². The van der Waals surface area contributed by atoms with Crippen LogP contribution < -0.4 is 4.90 Å². The Labute approximate surface area is 330 Å². The second kappa shape index (κ2) is 13.4. The van der Waals surface area contributed by atoms with Crippen molar-refractivity contribution in [2.24, 2.45) is 5.92 Å². The summed E-state index contributed by atoms with van der Waals surface area (Å²) in [6, 6.07) is 49.7. The first-order valence-corrected chi connectivity index (χ1v) is 20.4. The molecule has 2 atom stereocenters. The maximum Gasteiger partial charge on any atom is 0.0603 e. The number of allylic oxidation sites excluding steroid dienone is 6. The van der Waals surface area contributed by atoms with Crippen molar-refractivity contribution in [3.63, 3.8) is 0 Å². The summed E-state index contributed by atoms with van der Waals surface area (Å²) < 4.78 is 5.13. The zero-order chi connectivity index (χ0) is 37.2. The molecule has 4 heteroatoms. The third kappa shape index (κ3) is 5.52. The largest absolute Gasteiger partial charge is 0.333 e. The summed E-state index contributed by atoms with van der Waals surface area (Å²) in [6.45, 7) is 2.34. The minimum atomic E-state index is 0.125. The van der Waals surface area contributed by atoms with Crippen LogP contribution in [0.4, 0.5) is 11.4 Å². The Kier molecular flexibility index (Phi) is 7.85. The molecule has 268 valence electrons. The lowest BCUT2D eigenvalue weighted by Gasteiger charge is -2.36. The van der Waals surface area contributed by atoms with Crippen LogP contribution in [0.15, 0.2) is 182 Å². The molecule has 3 aromatic heterocycles. The molecule has 0 N–H and O–H groups in total.